The molecule has 1 N–H and O–H groups in total. The summed E-state index contributed by atoms with van der Waals surface area (Å²) in [5.41, 5.74) is 1.97. The summed E-state index contributed by atoms with van der Waals surface area (Å²) in [6.45, 7) is 4.98. The summed E-state index contributed by atoms with van der Waals surface area (Å²) >= 11 is 7.23. The third-order valence-electron chi connectivity index (χ3n) is 2.97. The highest BCUT2D eigenvalue weighted by Gasteiger charge is 2.17. The number of aromatic nitrogens is 1. The maximum atomic E-state index is 11.9. The lowest BCUT2D eigenvalue weighted by Gasteiger charge is -2.09. The molecule has 0 saturated heterocycles. The third kappa shape index (κ3) is 3.84. The van der Waals surface area contributed by atoms with Crippen molar-refractivity contribution in [2.24, 2.45) is 0 Å². The number of rotatable bonds is 4. The fourth-order valence-corrected chi connectivity index (χ4v) is 2.83. The Kier molecular flexibility index (Phi) is 5.15. The van der Waals surface area contributed by atoms with E-state index in [-0.39, 0.29) is 6.61 Å². The van der Waals surface area contributed by atoms with Crippen LogP contribution in [0.4, 0.5) is 5.69 Å². The molecule has 0 aliphatic rings. The van der Waals surface area contributed by atoms with E-state index in [1.54, 1.807) is 32.0 Å². The minimum atomic E-state index is -0.541. The predicted molar refractivity (Wildman–Crippen MR) is 86.7 cm³/mol. The van der Waals surface area contributed by atoms with Crippen molar-refractivity contribution in [3.05, 3.63) is 44.4 Å². The highest BCUT2D eigenvalue weighted by atomic mass is 35.5. The zero-order valence-corrected chi connectivity index (χ0v) is 14.0. The van der Waals surface area contributed by atoms with E-state index in [1.165, 1.54) is 11.3 Å². The zero-order valence-electron chi connectivity index (χ0n) is 12.4. The van der Waals surface area contributed by atoms with Crippen LogP contribution in [0.25, 0.3) is 0 Å². The first-order valence-corrected chi connectivity index (χ1v) is 7.74. The van der Waals surface area contributed by atoms with Gasteiger partial charge in [-0.05, 0) is 38.5 Å². The van der Waals surface area contributed by atoms with E-state index in [4.69, 9.17) is 16.3 Å². The largest absolute Gasteiger partial charge is 0.451 e. The van der Waals surface area contributed by atoms with Crippen LogP contribution in [0.15, 0.2) is 18.2 Å². The molecule has 0 saturated carbocycles. The van der Waals surface area contributed by atoms with Gasteiger partial charge >= 0.3 is 5.97 Å². The number of nitrogens with zero attached hydrogens (tertiary/aromatic N) is 1. The number of amides is 1. The first-order valence-electron chi connectivity index (χ1n) is 6.54. The lowest BCUT2D eigenvalue weighted by Crippen LogP contribution is -2.21. The van der Waals surface area contributed by atoms with E-state index in [0.717, 1.165) is 10.6 Å². The molecule has 0 aliphatic carbocycles. The van der Waals surface area contributed by atoms with E-state index in [1.807, 2.05) is 6.92 Å². The second-order valence-electron chi connectivity index (χ2n) is 4.68. The Morgan fingerprint density at radius 3 is 2.68 bits per heavy atom. The number of benzene rings is 1. The molecule has 0 aliphatic heterocycles. The van der Waals surface area contributed by atoms with Crippen LogP contribution in [0.5, 0.6) is 0 Å². The number of carbonyl (C=O) groups is 2. The Bertz CT molecular complexity index is 728. The number of halogens is 1. The van der Waals surface area contributed by atoms with Crippen molar-refractivity contribution in [3.63, 3.8) is 0 Å². The molecule has 0 atom stereocenters. The Hall–Kier alpha value is -1.92. The van der Waals surface area contributed by atoms with E-state index in [2.05, 4.69) is 10.3 Å². The summed E-state index contributed by atoms with van der Waals surface area (Å²) < 4.78 is 5.01. The van der Waals surface area contributed by atoms with Gasteiger partial charge in [-0.3, -0.25) is 4.79 Å². The minimum absolute atomic E-state index is 0.360. The topological polar surface area (TPSA) is 68.3 Å². The molecule has 0 unspecified atom stereocenters. The Balaban J connectivity index is 1.94. The standard InChI is InChI=1S/C15H15ClN2O3S/c1-8-11(16)5-4-6-12(8)18-13(19)7-21-15(20)14-9(2)17-10(3)22-14/h4-6H,7H2,1-3H3,(H,18,19). The molecule has 0 radical (unpaired) electrons. The average Bonchev–Trinajstić information content (AvgIpc) is 2.80. The fourth-order valence-electron chi connectivity index (χ4n) is 1.85. The summed E-state index contributed by atoms with van der Waals surface area (Å²) in [5.74, 6) is -0.960. The molecular weight excluding hydrogens is 324 g/mol. The van der Waals surface area contributed by atoms with Gasteiger partial charge in [-0.15, -0.1) is 11.3 Å². The van der Waals surface area contributed by atoms with Crippen molar-refractivity contribution in [2.45, 2.75) is 20.8 Å². The van der Waals surface area contributed by atoms with Crippen molar-refractivity contribution in [3.8, 4) is 0 Å². The summed E-state index contributed by atoms with van der Waals surface area (Å²) in [7, 11) is 0. The molecule has 1 amide bonds. The second-order valence-corrected chi connectivity index (χ2v) is 6.29. The van der Waals surface area contributed by atoms with Gasteiger partial charge < -0.3 is 10.1 Å². The van der Waals surface area contributed by atoms with E-state index >= 15 is 0 Å². The number of hydrogen-bond acceptors (Lipinski definition) is 5. The van der Waals surface area contributed by atoms with Crippen molar-refractivity contribution in [1.82, 2.24) is 4.98 Å². The first-order chi connectivity index (χ1) is 10.4. The molecule has 0 spiro atoms. The number of hydrogen-bond donors (Lipinski definition) is 1. The Morgan fingerprint density at radius 1 is 1.32 bits per heavy atom. The van der Waals surface area contributed by atoms with Gasteiger partial charge in [0.1, 0.15) is 4.88 Å². The molecule has 1 aromatic heterocycles. The number of carbonyl (C=O) groups excluding carboxylic acids is 2. The molecule has 1 aromatic carbocycles. The minimum Gasteiger partial charge on any atom is -0.451 e. The normalized spacial score (nSPS) is 10.4. The number of esters is 1. The van der Waals surface area contributed by atoms with Crippen LogP contribution in [0.2, 0.25) is 5.02 Å². The maximum Gasteiger partial charge on any atom is 0.350 e. The van der Waals surface area contributed by atoms with Crippen molar-refractivity contribution in [2.75, 3.05) is 11.9 Å². The maximum absolute atomic E-state index is 11.9. The molecule has 1 heterocycles. The highest BCUT2D eigenvalue weighted by Crippen LogP contribution is 2.23. The lowest BCUT2D eigenvalue weighted by molar-refractivity contribution is -0.119. The SMILES string of the molecule is Cc1nc(C)c(C(=O)OCC(=O)Nc2cccc(Cl)c2C)s1. The van der Waals surface area contributed by atoms with Gasteiger partial charge in [0, 0.05) is 10.7 Å². The number of nitrogens with one attached hydrogen (secondary N) is 1. The van der Waals surface area contributed by atoms with Gasteiger partial charge in [0.25, 0.3) is 5.91 Å². The predicted octanol–water partition coefficient (Wildman–Crippen LogP) is 3.52. The van der Waals surface area contributed by atoms with Crippen LogP contribution in [0, 0.1) is 20.8 Å². The summed E-state index contributed by atoms with van der Waals surface area (Å²) in [4.78, 5) is 28.3. The van der Waals surface area contributed by atoms with Gasteiger partial charge in [0.2, 0.25) is 0 Å². The van der Waals surface area contributed by atoms with Gasteiger partial charge in [0.05, 0.1) is 10.7 Å². The molecule has 116 valence electrons. The number of aryl methyl sites for hydroxylation is 2. The molecule has 0 bridgehead atoms. The van der Waals surface area contributed by atoms with Gasteiger partial charge in [0.15, 0.2) is 6.61 Å². The van der Waals surface area contributed by atoms with Gasteiger partial charge in [-0.2, -0.15) is 0 Å². The molecule has 5 nitrogen and oxygen atoms in total. The zero-order chi connectivity index (χ0) is 16.3. The lowest BCUT2D eigenvalue weighted by atomic mass is 10.2. The van der Waals surface area contributed by atoms with E-state index < -0.39 is 11.9 Å². The summed E-state index contributed by atoms with van der Waals surface area (Å²) in [6, 6.07) is 5.21. The number of ether oxygens (including phenoxy) is 1. The number of anilines is 1. The molecular formula is C15H15ClN2O3S. The summed E-state index contributed by atoms with van der Waals surface area (Å²) in [5, 5.41) is 4.01. The van der Waals surface area contributed by atoms with E-state index in [9.17, 15) is 9.59 Å². The van der Waals surface area contributed by atoms with Crippen molar-refractivity contribution >= 4 is 40.5 Å². The van der Waals surface area contributed by atoms with Crippen LogP contribution in [0.3, 0.4) is 0 Å². The van der Waals surface area contributed by atoms with Crippen LogP contribution in [-0.2, 0) is 9.53 Å². The molecule has 22 heavy (non-hydrogen) atoms. The van der Waals surface area contributed by atoms with Gasteiger partial charge in [-0.25, -0.2) is 9.78 Å². The van der Waals surface area contributed by atoms with Crippen LogP contribution in [0.1, 0.15) is 25.9 Å². The molecule has 0 fully saturated rings. The van der Waals surface area contributed by atoms with E-state index in [0.29, 0.717) is 21.3 Å². The second kappa shape index (κ2) is 6.89. The van der Waals surface area contributed by atoms with Crippen LogP contribution >= 0.6 is 22.9 Å². The molecule has 2 rings (SSSR count). The molecule has 2 aromatic rings. The van der Waals surface area contributed by atoms with Crippen molar-refractivity contribution < 1.29 is 14.3 Å². The Morgan fingerprint density at radius 2 is 2.05 bits per heavy atom. The summed E-state index contributed by atoms with van der Waals surface area (Å²) in [6.07, 6.45) is 0. The van der Waals surface area contributed by atoms with Crippen LogP contribution < -0.4 is 5.32 Å². The smallest absolute Gasteiger partial charge is 0.350 e. The average molecular weight is 339 g/mol. The number of thiazole rings is 1. The van der Waals surface area contributed by atoms with Crippen molar-refractivity contribution in [1.29, 1.82) is 0 Å². The molecule has 7 heteroatoms. The highest BCUT2D eigenvalue weighted by molar-refractivity contribution is 7.13. The first kappa shape index (κ1) is 16.5. The third-order valence-corrected chi connectivity index (χ3v) is 4.43. The van der Waals surface area contributed by atoms with Gasteiger partial charge in [-0.1, -0.05) is 17.7 Å². The monoisotopic (exact) mass is 338 g/mol. The fraction of sp³-hybridized carbons (Fsp3) is 0.267. The quantitative estimate of drug-likeness (QED) is 0.866. The Labute approximate surface area is 137 Å². The van der Waals surface area contributed by atoms with Crippen LogP contribution in [-0.4, -0.2) is 23.5 Å².